The van der Waals surface area contributed by atoms with E-state index in [-0.39, 0.29) is 24.0 Å². The SMILES string of the molecule is CCNC(=NCC1(O)CCSC1)NCC1CCCCC1.I. The summed E-state index contributed by atoms with van der Waals surface area (Å²) in [7, 11) is 0. The molecule has 1 aliphatic heterocycles. The molecule has 1 aliphatic carbocycles. The molecule has 0 aromatic carbocycles. The van der Waals surface area contributed by atoms with Crippen LogP contribution >= 0.6 is 35.7 Å². The number of halogens is 1. The van der Waals surface area contributed by atoms with Crippen molar-refractivity contribution in [2.24, 2.45) is 10.9 Å². The summed E-state index contributed by atoms with van der Waals surface area (Å²) in [6.07, 6.45) is 7.69. The first-order valence-electron chi connectivity index (χ1n) is 8.04. The van der Waals surface area contributed by atoms with Gasteiger partial charge in [-0.15, -0.1) is 24.0 Å². The summed E-state index contributed by atoms with van der Waals surface area (Å²) in [6, 6.07) is 0. The molecule has 4 nitrogen and oxygen atoms in total. The summed E-state index contributed by atoms with van der Waals surface area (Å²) >= 11 is 1.82. The molecular weight excluding hydrogens is 397 g/mol. The van der Waals surface area contributed by atoms with E-state index in [9.17, 15) is 5.11 Å². The van der Waals surface area contributed by atoms with E-state index in [1.54, 1.807) is 0 Å². The molecular formula is C15H30IN3OS. The average Bonchev–Trinajstić information content (AvgIpc) is 2.90. The Morgan fingerprint density at radius 1 is 1.29 bits per heavy atom. The summed E-state index contributed by atoms with van der Waals surface area (Å²) in [5.74, 6) is 3.53. The third kappa shape index (κ3) is 6.95. The van der Waals surface area contributed by atoms with Gasteiger partial charge in [0.05, 0.1) is 12.1 Å². The Kier molecular flexibility index (Phi) is 9.36. The molecule has 2 aliphatic rings. The standard InChI is InChI=1S/C15H29N3OS.HI/c1-2-16-14(17-10-13-6-4-3-5-7-13)18-11-15(19)8-9-20-12-15;/h13,19H,2-12H2,1H3,(H2,16,17,18);1H. The van der Waals surface area contributed by atoms with Crippen molar-refractivity contribution in [3.63, 3.8) is 0 Å². The second-order valence-electron chi connectivity index (χ2n) is 6.11. The van der Waals surface area contributed by atoms with Crippen molar-refractivity contribution in [1.29, 1.82) is 0 Å². The van der Waals surface area contributed by atoms with E-state index >= 15 is 0 Å². The van der Waals surface area contributed by atoms with Gasteiger partial charge in [0.2, 0.25) is 0 Å². The number of hydrogen-bond donors (Lipinski definition) is 3. The van der Waals surface area contributed by atoms with E-state index in [1.165, 1.54) is 32.1 Å². The van der Waals surface area contributed by atoms with Crippen molar-refractivity contribution >= 4 is 41.7 Å². The van der Waals surface area contributed by atoms with Crippen molar-refractivity contribution < 1.29 is 5.11 Å². The lowest BCUT2D eigenvalue weighted by Gasteiger charge is -2.24. The zero-order valence-corrected chi connectivity index (χ0v) is 16.2. The van der Waals surface area contributed by atoms with Crippen LogP contribution in [0.25, 0.3) is 0 Å². The van der Waals surface area contributed by atoms with Crippen LogP contribution < -0.4 is 10.6 Å². The van der Waals surface area contributed by atoms with Gasteiger partial charge in [-0.3, -0.25) is 4.99 Å². The predicted octanol–water partition coefficient (Wildman–Crippen LogP) is 2.61. The first-order valence-corrected chi connectivity index (χ1v) is 9.20. The Bertz CT molecular complexity index is 316. The third-order valence-corrected chi connectivity index (χ3v) is 5.48. The minimum Gasteiger partial charge on any atom is -0.387 e. The largest absolute Gasteiger partial charge is 0.387 e. The smallest absolute Gasteiger partial charge is 0.191 e. The molecule has 6 heteroatoms. The Morgan fingerprint density at radius 3 is 2.67 bits per heavy atom. The Morgan fingerprint density at radius 2 is 2.05 bits per heavy atom. The quantitative estimate of drug-likeness (QED) is 0.359. The maximum absolute atomic E-state index is 10.3. The fourth-order valence-electron chi connectivity index (χ4n) is 2.92. The summed E-state index contributed by atoms with van der Waals surface area (Å²) in [5, 5.41) is 17.1. The maximum atomic E-state index is 10.3. The van der Waals surface area contributed by atoms with Gasteiger partial charge < -0.3 is 15.7 Å². The topological polar surface area (TPSA) is 56.7 Å². The number of rotatable bonds is 5. The maximum Gasteiger partial charge on any atom is 0.191 e. The number of guanidine groups is 1. The highest BCUT2D eigenvalue weighted by Gasteiger charge is 2.31. The fourth-order valence-corrected chi connectivity index (χ4v) is 4.21. The predicted molar refractivity (Wildman–Crippen MR) is 103 cm³/mol. The van der Waals surface area contributed by atoms with Crippen LogP contribution in [0.2, 0.25) is 0 Å². The van der Waals surface area contributed by atoms with Crippen LogP contribution in [-0.2, 0) is 0 Å². The van der Waals surface area contributed by atoms with Crippen molar-refractivity contribution in [3.8, 4) is 0 Å². The minimum absolute atomic E-state index is 0. The molecule has 0 aromatic rings. The van der Waals surface area contributed by atoms with Gasteiger partial charge in [0.25, 0.3) is 0 Å². The van der Waals surface area contributed by atoms with Crippen molar-refractivity contribution in [2.45, 2.75) is 51.0 Å². The summed E-state index contributed by atoms with van der Waals surface area (Å²) in [5.41, 5.74) is -0.585. The highest BCUT2D eigenvalue weighted by atomic mass is 127. The molecule has 1 unspecified atom stereocenters. The van der Waals surface area contributed by atoms with Gasteiger partial charge in [-0.05, 0) is 37.9 Å². The number of nitrogens with zero attached hydrogens (tertiary/aromatic N) is 1. The molecule has 2 rings (SSSR count). The zero-order valence-electron chi connectivity index (χ0n) is 13.1. The van der Waals surface area contributed by atoms with Gasteiger partial charge in [-0.2, -0.15) is 11.8 Å². The highest BCUT2D eigenvalue weighted by molar-refractivity contribution is 14.0. The van der Waals surface area contributed by atoms with E-state index in [4.69, 9.17) is 0 Å². The number of thioether (sulfide) groups is 1. The van der Waals surface area contributed by atoms with Crippen LogP contribution in [0.15, 0.2) is 4.99 Å². The van der Waals surface area contributed by atoms with Crippen LogP contribution in [0, 0.1) is 5.92 Å². The molecule has 1 saturated heterocycles. The molecule has 0 aromatic heterocycles. The number of nitrogens with one attached hydrogen (secondary N) is 2. The van der Waals surface area contributed by atoms with Gasteiger partial charge in [-0.25, -0.2) is 0 Å². The lowest BCUT2D eigenvalue weighted by atomic mass is 9.89. The second kappa shape index (κ2) is 10.2. The van der Waals surface area contributed by atoms with E-state index in [0.29, 0.717) is 6.54 Å². The zero-order chi connectivity index (χ0) is 14.3. The highest BCUT2D eigenvalue weighted by Crippen LogP contribution is 2.27. The molecule has 1 saturated carbocycles. The van der Waals surface area contributed by atoms with E-state index in [1.807, 2.05) is 11.8 Å². The summed E-state index contributed by atoms with van der Waals surface area (Å²) in [4.78, 5) is 4.58. The van der Waals surface area contributed by atoms with Crippen molar-refractivity contribution in [1.82, 2.24) is 10.6 Å². The van der Waals surface area contributed by atoms with Crippen LogP contribution in [-0.4, -0.2) is 47.8 Å². The van der Waals surface area contributed by atoms with Crippen LogP contribution in [0.1, 0.15) is 45.4 Å². The molecule has 0 bridgehead atoms. The van der Waals surface area contributed by atoms with Crippen molar-refractivity contribution in [3.05, 3.63) is 0 Å². The number of hydrogen-bond acceptors (Lipinski definition) is 3. The number of aliphatic hydroxyl groups is 1. The monoisotopic (exact) mass is 427 g/mol. The van der Waals surface area contributed by atoms with Gasteiger partial charge in [0.15, 0.2) is 5.96 Å². The molecule has 1 heterocycles. The number of aliphatic imine (C=N–C) groups is 1. The Balaban J connectivity index is 0.00000220. The molecule has 0 spiro atoms. The normalized spacial score (nSPS) is 27.2. The molecule has 21 heavy (non-hydrogen) atoms. The lowest BCUT2D eigenvalue weighted by Crippen LogP contribution is -2.42. The second-order valence-corrected chi connectivity index (χ2v) is 7.21. The van der Waals surface area contributed by atoms with Gasteiger partial charge >= 0.3 is 0 Å². The summed E-state index contributed by atoms with van der Waals surface area (Å²) < 4.78 is 0. The molecule has 1 atom stereocenters. The van der Waals surface area contributed by atoms with E-state index in [0.717, 1.165) is 42.9 Å². The molecule has 0 radical (unpaired) electrons. The first kappa shape index (κ1) is 19.4. The van der Waals surface area contributed by atoms with E-state index in [2.05, 4.69) is 22.5 Å². The molecule has 0 amide bonds. The summed E-state index contributed by atoms with van der Waals surface area (Å²) in [6.45, 7) is 4.47. The van der Waals surface area contributed by atoms with E-state index < -0.39 is 5.60 Å². The van der Waals surface area contributed by atoms with Crippen molar-refractivity contribution in [2.75, 3.05) is 31.1 Å². The van der Waals surface area contributed by atoms with Crippen LogP contribution in [0.3, 0.4) is 0 Å². The molecule has 3 N–H and O–H groups in total. The third-order valence-electron chi connectivity index (χ3n) is 4.24. The molecule has 124 valence electrons. The Hall–Kier alpha value is 0.310. The van der Waals surface area contributed by atoms with Gasteiger partial charge in [0, 0.05) is 18.8 Å². The van der Waals surface area contributed by atoms with Gasteiger partial charge in [-0.1, -0.05) is 19.3 Å². The molecule has 2 fully saturated rings. The fraction of sp³-hybridized carbons (Fsp3) is 0.933. The lowest BCUT2D eigenvalue weighted by molar-refractivity contribution is 0.0778. The van der Waals surface area contributed by atoms with Crippen LogP contribution in [0.5, 0.6) is 0 Å². The van der Waals surface area contributed by atoms with Gasteiger partial charge in [0.1, 0.15) is 0 Å². The average molecular weight is 427 g/mol. The van der Waals surface area contributed by atoms with Crippen LogP contribution in [0.4, 0.5) is 0 Å². The first-order chi connectivity index (χ1) is 9.72. The minimum atomic E-state index is -0.585. The Labute approximate surface area is 150 Å².